The van der Waals surface area contributed by atoms with E-state index in [1.165, 1.54) is 37.3 Å². The average Bonchev–Trinajstić information content (AvgIpc) is 2.65. The van der Waals surface area contributed by atoms with Gasteiger partial charge in [0.25, 0.3) is 0 Å². The predicted molar refractivity (Wildman–Crippen MR) is 112 cm³/mol. The lowest BCUT2D eigenvalue weighted by Crippen LogP contribution is -2.53. The van der Waals surface area contributed by atoms with Gasteiger partial charge in [0.2, 0.25) is 0 Å². The molecule has 0 atom stereocenters. The molecule has 1 aliphatic carbocycles. The van der Waals surface area contributed by atoms with Crippen LogP contribution in [0, 0.1) is 0 Å². The number of anilines is 1. The van der Waals surface area contributed by atoms with Crippen molar-refractivity contribution < 1.29 is 18.3 Å². The standard InChI is InChI=1S/C21H34N2O4S/c1-4-27-17-7-11-21(2,12-8-17)23-13-9-16(10-14-23)22-19-15-18(28(3,25)26)5-6-20(19)24/h5-6,15-17,22,24H,4,7-14H2,1-3H3/t17-,21-. The number of piperidine rings is 1. The summed E-state index contributed by atoms with van der Waals surface area (Å²) in [6.45, 7) is 7.27. The van der Waals surface area contributed by atoms with Gasteiger partial charge in [0.1, 0.15) is 5.75 Å². The normalized spacial score (nSPS) is 27.6. The van der Waals surface area contributed by atoms with Crippen LogP contribution in [0.5, 0.6) is 5.75 Å². The second-order valence-electron chi connectivity index (χ2n) is 8.51. The van der Waals surface area contributed by atoms with Gasteiger partial charge in [-0.25, -0.2) is 8.42 Å². The molecule has 6 nitrogen and oxygen atoms in total. The highest BCUT2D eigenvalue weighted by Crippen LogP contribution is 2.37. The van der Waals surface area contributed by atoms with E-state index in [0.29, 0.717) is 11.8 Å². The SMILES string of the molecule is CCO[C@H]1CC[C@](C)(N2CCC(Nc3cc(S(C)(=O)=O)ccc3O)CC2)CC1. The third-order valence-corrected chi connectivity index (χ3v) is 7.54. The zero-order valence-electron chi connectivity index (χ0n) is 17.3. The Bertz CT molecular complexity index is 765. The van der Waals surface area contributed by atoms with Crippen molar-refractivity contribution in [2.24, 2.45) is 0 Å². The third-order valence-electron chi connectivity index (χ3n) is 6.43. The molecule has 1 saturated carbocycles. The molecule has 0 bridgehead atoms. The summed E-state index contributed by atoms with van der Waals surface area (Å²) in [4.78, 5) is 2.84. The van der Waals surface area contributed by atoms with E-state index in [9.17, 15) is 13.5 Å². The first-order valence-electron chi connectivity index (χ1n) is 10.4. The molecule has 0 amide bonds. The summed E-state index contributed by atoms with van der Waals surface area (Å²) in [6.07, 6.45) is 8.17. The van der Waals surface area contributed by atoms with Crippen molar-refractivity contribution in [2.45, 2.75) is 75.0 Å². The minimum absolute atomic E-state index is 0.0936. The molecule has 2 N–H and O–H groups in total. The summed E-state index contributed by atoms with van der Waals surface area (Å²) in [5.74, 6) is 0.0936. The van der Waals surface area contributed by atoms with E-state index >= 15 is 0 Å². The van der Waals surface area contributed by atoms with E-state index in [2.05, 4.69) is 24.1 Å². The van der Waals surface area contributed by atoms with Crippen LogP contribution in [0.25, 0.3) is 0 Å². The molecule has 1 heterocycles. The van der Waals surface area contributed by atoms with E-state index < -0.39 is 9.84 Å². The van der Waals surface area contributed by atoms with E-state index in [-0.39, 0.29) is 22.2 Å². The van der Waals surface area contributed by atoms with Gasteiger partial charge in [0.15, 0.2) is 9.84 Å². The molecule has 0 spiro atoms. The maximum atomic E-state index is 11.8. The Balaban J connectivity index is 1.56. The van der Waals surface area contributed by atoms with Crippen molar-refractivity contribution in [1.29, 1.82) is 0 Å². The van der Waals surface area contributed by atoms with Crippen molar-refractivity contribution in [3.63, 3.8) is 0 Å². The topological polar surface area (TPSA) is 78.9 Å². The number of phenols is 1. The maximum absolute atomic E-state index is 11.8. The molecule has 1 aromatic rings. The van der Waals surface area contributed by atoms with Crippen LogP contribution in [0.2, 0.25) is 0 Å². The third kappa shape index (κ3) is 4.99. The van der Waals surface area contributed by atoms with Gasteiger partial charge in [-0.3, -0.25) is 4.90 Å². The van der Waals surface area contributed by atoms with Gasteiger partial charge in [-0.15, -0.1) is 0 Å². The Morgan fingerprint density at radius 3 is 2.43 bits per heavy atom. The van der Waals surface area contributed by atoms with Crippen molar-refractivity contribution >= 4 is 15.5 Å². The van der Waals surface area contributed by atoms with Crippen LogP contribution in [0.15, 0.2) is 23.1 Å². The van der Waals surface area contributed by atoms with Gasteiger partial charge in [0, 0.05) is 37.5 Å². The largest absolute Gasteiger partial charge is 0.506 e. The first-order chi connectivity index (χ1) is 13.2. The molecule has 1 aromatic carbocycles. The van der Waals surface area contributed by atoms with Crippen molar-refractivity contribution in [3.05, 3.63) is 18.2 Å². The molecule has 3 rings (SSSR count). The highest BCUT2D eigenvalue weighted by molar-refractivity contribution is 7.90. The fourth-order valence-electron chi connectivity index (χ4n) is 4.58. The van der Waals surface area contributed by atoms with Crippen LogP contribution in [0.3, 0.4) is 0 Å². The number of hydrogen-bond donors (Lipinski definition) is 2. The molecule has 1 aliphatic heterocycles. The second-order valence-corrected chi connectivity index (χ2v) is 10.5. The van der Waals surface area contributed by atoms with Crippen molar-refractivity contribution in [2.75, 3.05) is 31.3 Å². The second kappa shape index (κ2) is 8.59. The number of sulfone groups is 1. The number of hydrogen-bond acceptors (Lipinski definition) is 6. The summed E-state index contributed by atoms with van der Waals surface area (Å²) in [7, 11) is -3.29. The summed E-state index contributed by atoms with van der Waals surface area (Å²) >= 11 is 0. The molecule has 7 heteroatoms. The Hall–Kier alpha value is -1.31. The van der Waals surface area contributed by atoms with Crippen LogP contribution in [0.1, 0.15) is 52.4 Å². The molecule has 0 aromatic heterocycles. The molecule has 0 unspecified atom stereocenters. The molecular formula is C21H34N2O4S. The van der Waals surface area contributed by atoms with Crippen LogP contribution in [-0.4, -0.2) is 62.1 Å². The highest BCUT2D eigenvalue weighted by atomic mass is 32.2. The zero-order valence-corrected chi connectivity index (χ0v) is 18.1. The van der Waals surface area contributed by atoms with Crippen molar-refractivity contribution in [3.8, 4) is 5.75 Å². The number of nitrogens with one attached hydrogen (secondary N) is 1. The number of nitrogens with zero attached hydrogens (tertiary/aromatic N) is 1. The van der Waals surface area contributed by atoms with Crippen LogP contribution in [0.4, 0.5) is 5.69 Å². The number of phenolic OH excluding ortho intramolecular Hbond substituents is 1. The molecular weight excluding hydrogens is 376 g/mol. The number of ether oxygens (including phenoxy) is 1. The Morgan fingerprint density at radius 1 is 1.21 bits per heavy atom. The number of rotatable bonds is 6. The first kappa shape index (κ1) is 21.4. The van der Waals surface area contributed by atoms with E-state index in [1.807, 2.05) is 0 Å². The van der Waals surface area contributed by atoms with Gasteiger partial charge >= 0.3 is 0 Å². The summed E-state index contributed by atoms with van der Waals surface area (Å²) < 4.78 is 29.4. The Labute approximate surface area is 169 Å². The lowest BCUT2D eigenvalue weighted by molar-refractivity contribution is -0.0242. The van der Waals surface area contributed by atoms with Crippen LogP contribution in [-0.2, 0) is 14.6 Å². The smallest absolute Gasteiger partial charge is 0.175 e. The quantitative estimate of drug-likeness (QED) is 0.700. The van der Waals surface area contributed by atoms with Crippen molar-refractivity contribution in [1.82, 2.24) is 4.90 Å². The molecule has 1 saturated heterocycles. The number of aromatic hydroxyl groups is 1. The lowest BCUT2D eigenvalue weighted by Gasteiger charge is -2.48. The molecule has 2 fully saturated rings. The van der Waals surface area contributed by atoms with E-state index in [1.54, 1.807) is 0 Å². The first-order valence-corrected chi connectivity index (χ1v) is 12.3. The van der Waals surface area contributed by atoms with Gasteiger partial charge in [0.05, 0.1) is 16.7 Å². The predicted octanol–water partition coefficient (Wildman–Crippen LogP) is 3.41. The number of benzene rings is 1. The monoisotopic (exact) mass is 410 g/mol. The zero-order chi connectivity index (χ0) is 20.4. The minimum Gasteiger partial charge on any atom is -0.506 e. The summed E-state index contributed by atoms with van der Waals surface area (Å²) in [5, 5.41) is 13.5. The maximum Gasteiger partial charge on any atom is 0.175 e. The van der Waals surface area contributed by atoms with E-state index in [4.69, 9.17) is 4.74 Å². The van der Waals surface area contributed by atoms with Crippen LogP contribution >= 0.6 is 0 Å². The Kier molecular flexibility index (Phi) is 6.57. The molecule has 158 valence electrons. The molecule has 0 radical (unpaired) electrons. The summed E-state index contributed by atoms with van der Waals surface area (Å²) in [5.41, 5.74) is 0.751. The van der Waals surface area contributed by atoms with Gasteiger partial charge in [-0.2, -0.15) is 0 Å². The van der Waals surface area contributed by atoms with Gasteiger partial charge < -0.3 is 15.2 Å². The van der Waals surface area contributed by atoms with E-state index in [0.717, 1.165) is 45.4 Å². The lowest BCUT2D eigenvalue weighted by atomic mass is 9.79. The average molecular weight is 411 g/mol. The van der Waals surface area contributed by atoms with Crippen LogP contribution < -0.4 is 5.32 Å². The molecule has 2 aliphatic rings. The van der Waals surface area contributed by atoms with Gasteiger partial charge in [-0.05, 0) is 70.6 Å². The fraction of sp³-hybridized carbons (Fsp3) is 0.714. The Morgan fingerprint density at radius 2 is 1.86 bits per heavy atom. The minimum atomic E-state index is -3.29. The fourth-order valence-corrected chi connectivity index (χ4v) is 5.22. The van der Waals surface area contributed by atoms with Gasteiger partial charge in [-0.1, -0.05) is 0 Å². The number of likely N-dealkylation sites (tertiary alicyclic amines) is 1. The molecule has 28 heavy (non-hydrogen) atoms. The summed E-state index contributed by atoms with van der Waals surface area (Å²) in [6, 6.07) is 4.66. The highest BCUT2D eigenvalue weighted by Gasteiger charge is 2.38.